The topological polar surface area (TPSA) is 98.5 Å². The lowest BCUT2D eigenvalue weighted by Gasteiger charge is -2.37. The van der Waals surface area contributed by atoms with Crippen molar-refractivity contribution in [1.82, 2.24) is 9.78 Å². The highest BCUT2D eigenvalue weighted by Gasteiger charge is 2.30. The number of anilines is 1. The predicted molar refractivity (Wildman–Crippen MR) is 109 cm³/mol. The molecule has 1 N–H and O–H groups in total. The van der Waals surface area contributed by atoms with E-state index in [1.54, 1.807) is 18.3 Å². The second-order valence-corrected chi connectivity index (χ2v) is 7.79. The maximum absolute atomic E-state index is 12.2. The van der Waals surface area contributed by atoms with Crippen LogP contribution in [0.25, 0.3) is 11.1 Å². The van der Waals surface area contributed by atoms with Crippen LogP contribution in [0, 0.1) is 0 Å². The van der Waals surface area contributed by atoms with Gasteiger partial charge in [0, 0.05) is 28.2 Å². The fourth-order valence-corrected chi connectivity index (χ4v) is 4.63. The van der Waals surface area contributed by atoms with Gasteiger partial charge in [-0.05, 0) is 42.5 Å². The number of nitrogens with zero attached hydrogens (tertiary/aromatic N) is 3. The zero-order valence-corrected chi connectivity index (χ0v) is 16.4. The minimum Gasteiger partial charge on any atom is -0.755 e. The van der Waals surface area contributed by atoms with Gasteiger partial charge in [-0.1, -0.05) is 42.5 Å². The summed E-state index contributed by atoms with van der Waals surface area (Å²) in [5.41, 5.74) is 4.20. The Kier molecular flexibility index (Phi) is 5.46. The number of hydrogen-bond acceptors (Lipinski definition) is 4. The Hall–Kier alpha value is -2.97. The summed E-state index contributed by atoms with van der Waals surface area (Å²) in [5.74, 6) is -0.973. The Morgan fingerprint density at radius 2 is 1.86 bits per heavy atom. The molecule has 2 unspecified atom stereocenters. The highest BCUT2D eigenvalue weighted by molar-refractivity contribution is 7.80. The summed E-state index contributed by atoms with van der Waals surface area (Å²) >= 11 is -2.48. The molecule has 8 heteroatoms. The number of aliphatic carboxylic acids is 1. The first kappa shape index (κ1) is 19.4. The van der Waals surface area contributed by atoms with Gasteiger partial charge in [-0.3, -0.25) is 18.0 Å². The summed E-state index contributed by atoms with van der Waals surface area (Å²) in [6.07, 6.45) is 3.70. The van der Waals surface area contributed by atoms with E-state index < -0.39 is 23.3 Å². The maximum atomic E-state index is 12.2. The lowest BCUT2D eigenvalue weighted by atomic mass is 9.92. The van der Waals surface area contributed by atoms with Crippen molar-refractivity contribution in [1.29, 1.82) is 0 Å². The number of rotatable bonds is 6. The molecule has 0 fully saturated rings. The maximum Gasteiger partial charge on any atom is 0.325 e. The Labute approximate surface area is 171 Å². The quantitative estimate of drug-likeness (QED) is 0.629. The predicted octanol–water partition coefficient (Wildman–Crippen LogP) is 3.31. The summed E-state index contributed by atoms with van der Waals surface area (Å²) in [6, 6.07) is 16.9. The second kappa shape index (κ2) is 8.18. The van der Waals surface area contributed by atoms with Crippen LogP contribution in [-0.2, 0) is 29.0 Å². The lowest BCUT2D eigenvalue weighted by molar-refractivity contribution is -0.137. The van der Waals surface area contributed by atoms with E-state index in [4.69, 9.17) is 5.11 Å². The highest BCUT2D eigenvalue weighted by Crippen LogP contribution is 2.38. The fourth-order valence-electron chi connectivity index (χ4n) is 3.90. The zero-order chi connectivity index (χ0) is 20.4. The molecule has 0 bridgehead atoms. The zero-order valence-electron chi connectivity index (χ0n) is 15.6. The third kappa shape index (κ3) is 3.94. The smallest absolute Gasteiger partial charge is 0.325 e. The minimum atomic E-state index is -2.48. The van der Waals surface area contributed by atoms with E-state index in [0.29, 0.717) is 18.5 Å². The number of benzene rings is 2. The molecular weight excluding hydrogens is 390 g/mol. The van der Waals surface area contributed by atoms with Crippen LogP contribution in [0.3, 0.4) is 0 Å². The summed E-state index contributed by atoms with van der Waals surface area (Å²) in [4.78, 5) is 11.1. The van der Waals surface area contributed by atoms with Crippen molar-refractivity contribution in [3.05, 3.63) is 72.1 Å². The van der Waals surface area contributed by atoms with Crippen molar-refractivity contribution in [2.45, 2.75) is 31.8 Å². The molecule has 1 aliphatic carbocycles. The largest absolute Gasteiger partial charge is 0.755 e. The molecule has 2 atom stereocenters. The van der Waals surface area contributed by atoms with Crippen LogP contribution < -0.4 is 4.31 Å². The fraction of sp³-hybridized carbons (Fsp3) is 0.238. The van der Waals surface area contributed by atoms with Crippen LogP contribution in [0.2, 0.25) is 0 Å². The number of carbonyl (C=O) groups is 1. The first-order valence-electron chi connectivity index (χ1n) is 9.35. The van der Waals surface area contributed by atoms with Crippen LogP contribution in [0.5, 0.6) is 0 Å². The standard InChI is InChI=1S/C21H21N3O4S/c25-21(26)14-23-19-7-4-8-20(18(19)13-22-23)24(29(27)28)17-11-9-16(10-12-17)15-5-2-1-3-6-15/h1-3,5-6,9-13,20H,4,7-8,14H2,(H,25,26)(H,27,28)/p-1. The lowest BCUT2D eigenvalue weighted by Crippen LogP contribution is -2.33. The number of fused-ring (bicyclic) bond motifs is 1. The molecule has 150 valence electrons. The molecule has 0 radical (unpaired) electrons. The second-order valence-electron chi connectivity index (χ2n) is 6.96. The molecule has 3 aromatic rings. The number of aromatic nitrogens is 2. The van der Waals surface area contributed by atoms with Gasteiger partial charge < -0.3 is 9.66 Å². The van der Waals surface area contributed by atoms with Gasteiger partial charge in [0.1, 0.15) is 6.54 Å². The molecule has 0 aliphatic heterocycles. The van der Waals surface area contributed by atoms with Gasteiger partial charge in [-0.15, -0.1) is 0 Å². The van der Waals surface area contributed by atoms with Crippen molar-refractivity contribution in [2.75, 3.05) is 4.31 Å². The Morgan fingerprint density at radius 1 is 1.17 bits per heavy atom. The van der Waals surface area contributed by atoms with E-state index in [9.17, 15) is 13.6 Å². The van der Waals surface area contributed by atoms with E-state index in [2.05, 4.69) is 5.10 Å². The van der Waals surface area contributed by atoms with Gasteiger partial charge in [0.05, 0.1) is 12.2 Å². The van der Waals surface area contributed by atoms with Gasteiger partial charge in [0.15, 0.2) is 0 Å². The first-order chi connectivity index (χ1) is 14.0. The van der Waals surface area contributed by atoms with Crippen molar-refractivity contribution in [2.24, 2.45) is 0 Å². The van der Waals surface area contributed by atoms with Crippen molar-refractivity contribution in [3.63, 3.8) is 0 Å². The molecule has 1 aliphatic rings. The Bertz CT molecular complexity index is 1030. The van der Waals surface area contributed by atoms with Crippen LogP contribution >= 0.6 is 0 Å². The average Bonchev–Trinajstić information content (AvgIpc) is 3.12. The SMILES string of the molecule is O=C(O)Cn1ncc2c1CCCC2N(c1ccc(-c2ccccc2)cc1)S(=O)[O-]. The molecule has 29 heavy (non-hydrogen) atoms. The van der Waals surface area contributed by atoms with Crippen LogP contribution in [-0.4, -0.2) is 29.6 Å². The van der Waals surface area contributed by atoms with Gasteiger partial charge >= 0.3 is 5.97 Å². The molecule has 4 rings (SSSR count). The van der Waals surface area contributed by atoms with Crippen molar-refractivity contribution < 1.29 is 18.7 Å². The van der Waals surface area contributed by atoms with Gasteiger partial charge in [0.25, 0.3) is 0 Å². The highest BCUT2D eigenvalue weighted by atomic mass is 32.2. The third-order valence-corrected chi connectivity index (χ3v) is 5.98. The van der Waals surface area contributed by atoms with Crippen molar-refractivity contribution >= 4 is 22.9 Å². The van der Waals surface area contributed by atoms with E-state index >= 15 is 0 Å². The van der Waals surface area contributed by atoms with E-state index in [1.165, 1.54) is 8.99 Å². The molecule has 1 heterocycles. The molecular formula is C21H20N3O4S-. The van der Waals surface area contributed by atoms with E-state index in [-0.39, 0.29) is 6.54 Å². The molecule has 0 amide bonds. The summed E-state index contributed by atoms with van der Waals surface area (Å²) in [7, 11) is 0. The Morgan fingerprint density at radius 3 is 2.52 bits per heavy atom. The molecule has 7 nitrogen and oxygen atoms in total. The van der Waals surface area contributed by atoms with Gasteiger partial charge in [0.2, 0.25) is 0 Å². The molecule has 1 aromatic heterocycles. The van der Waals surface area contributed by atoms with Crippen molar-refractivity contribution in [3.8, 4) is 11.1 Å². The van der Waals surface area contributed by atoms with E-state index in [0.717, 1.165) is 28.8 Å². The summed E-state index contributed by atoms with van der Waals surface area (Å²) < 4.78 is 27.1. The molecule has 2 aromatic carbocycles. The number of carboxylic acids is 1. The summed E-state index contributed by atoms with van der Waals surface area (Å²) in [6.45, 7) is -0.228. The van der Waals surface area contributed by atoms with Gasteiger partial charge in [-0.2, -0.15) is 5.10 Å². The summed E-state index contributed by atoms with van der Waals surface area (Å²) in [5, 5.41) is 13.3. The molecule has 0 saturated heterocycles. The van der Waals surface area contributed by atoms with Crippen LogP contribution in [0.15, 0.2) is 60.8 Å². The number of carboxylic acid groups (broad SMARTS) is 1. The van der Waals surface area contributed by atoms with Crippen LogP contribution in [0.4, 0.5) is 5.69 Å². The first-order valence-corrected chi connectivity index (χ1v) is 10.4. The average molecular weight is 410 g/mol. The third-order valence-electron chi connectivity index (χ3n) is 5.19. The van der Waals surface area contributed by atoms with Gasteiger partial charge in [-0.25, -0.2) is 0 Å². The van der Waals surface area contributed by atoms with Crippen LogP contribution in [0.1, 0.15) is 30.1 Å². The molecule has 0 spiro atoms. The number of hydrogen-bond donors (Lipinski definition) is 1. The van der Waals surface area contributed by atoms with E-state index in [1.807, 2.05) is 42.5 Å². The minimum absolute atomic E-state index is 0.228. The molecule has 0 saturated carbocycles. The normalized spacial score (nSPS) is 16.8. The monoisotopic (exact) mass is 410 g/mol. The Balaban J connectivity index is 1.67.